The van der Waals surface area contributed by atoms with Crippen molar-refractivity contribution < 1.29 is 4.79 Å². The van der Waals surface area contributed by atoms with Crippen LogP contribution >= 0.6 is 11.3 Å². The molecule has 1 aliphatic rings. The second-order valence-electron chi connectivity index (χ2n) is 5.61. The van der Waals surface area contributed by atoms with Crippen molar-refractivity contribution in [1.29, 1.82) is 5.26 Å². The SMILES string of the molecule is CCC(CCN)CCC(=O)Nc1sc2c(c1C#N)CCC2. The Bertz CT molecular complexity index is 544. The third-order valence-corrected chi connectivity index (χ3v) is 5.43. The van der Waals surface area contributed by atoms with Crippen molar-refractivity contribution in [3.63, 3.8) is 0 Å². The Balaban J connectivity index is 1.93. The number of nitriles is 1. The number of rotatable bonds is 7. The molecule has 5 heteroatoms. The van der Waals surface area contributed by atoms with Crippen LogP contribution in [0.1, 0.15) is 55.0 Å². The van der Waals surface area contributed by atoms with Crippen LogP contribution in [0.3, 0.4) is 0 Å². The highest BCUT2D eigenvalue weighted by atomic mass is 32.1. The van der Waals surface area contributed by atoms with E-state index in [1.165, 1.54) is 4.88 Å². The van der Waals surface area contributed by atoms with Crippen LogP contribution in [0.4, 0.5) is 5.00 Å². The van der Waals surface area contributed by atoms with E-state index in [2.05, 4.69) is 18.3 Å². The first kappa shape index (κ1) is 16.0. The zero-order valence-electron chi connectivity index (χ0n) is 12.6. The Kier molecular flexibility index (Phi) is 5.77. The predicted octanol–water partition coefficient (Wildman–Crippen LogP) is 3.20. The van der Waals surface area contributed by atoms with Crippen molar-refractivity contribution in [2.24, 2.45) is 11.7 Å². The molecule has 1 unspecified atom stereocenters. The number of hydrogen-bond donors (Lipinski definition) is 2. The molecule has 1 aromatic rings. The van der Waals surface area contributed by atoms with E-state index in [-0.39, 0.29) is 5.91 Å². The Hall–Kier alpha value is -1.38. The minimum absolute atomic E-state index is 0.0156. The number of fused-ring (bicyclic) bond motifs is 1. The van der Waals surface area contributed by atoms with Crippen LogP contribution in [-0.2, 0) is 17.6 Å². The van der Waals surface area contributed by atoms with Crippen molar-refractivity contribution in [2.75, 3.05) is 11.9 Å². The zero-order valence-corrected chi connectivity index (χ0v) is 13.4. The monoisotopic (exact) mass is 305 g/mol. The maximum atomic E-state index is 12.1. The Morgan fingerprint density at radius 3 is 2.95 bits per heavy atom. The van der Waals surface area contributed by atoms with Crippen molar-refractivity contribution in [1.82, 2.24) is 0 Å². The summed E-state index contributed by atoms with van der Waals surface area (Å²) in [5.74, 6) is 0.534. The molecule has 114 valence electrons. The Morgan fingerprint density at radius 2 is 2.29 bits per heavy atom. The third-order valence-electron chi connectivity index (χ3n) is 4.22. The van der Waals surface area contributed by atoms with Gasteiger partial charge < -0.3 is 11.1 Å². The second kappa shape index (κ2) is 7.58. The molecule has 1 aromatic heterocycles. The van der Waals surface area contributed by atoms with Crippen LogP contribution in [0.15, 0.2) is 0 Å². The van der Waals surface area contributed by atoms with E-state index >= 15 is 0 Å². The molecular weight excluding hydrogens is 282 g/mol. The molecule has 21 heavy (non-hydrogen) atoms. The lowest BCUT2D eigenvalue weighted by Gasteiger charge is -2.12. The van der Waals surface area contributed by atoms with Crippen LogP contribution in [0, 0.1) is 17.2 Å². The number of nitrogens with two attached hydrogens (primary N) is 1. The van der Waals surface area contributed by atoms with Gasteiger partial charge in [0.15, 0.2) is 0 Å². The number of aryl methyl sites for hydroxylation is 1. The van der Waals surface area contributed by atoms with Gasteiger partial charge in [-0.25, -0.2) is 0 Å². The second-order valence-corrected chi connectivity index (χ2v) is 6.72. The van der Waals surface area contributed by atoms with Gasteiger partial charge in [0.05, 0.1) is 5.56 Å². The van der Waals surface area contributed by atoms with Crippen molar-refractivity contribution in [3.8, 4) is 6.07 Å². The summed E-state index contributed by atoms with van der Waals surface area (Å²) in [6, 6.07) is 2.26. The van der Waals surface area contributed by atoms with Gasteiger partial charge in [0.1, 0.15) is 11.1 Å². The van der Waals surface area contributed by atoms with Crippen LogP contribution in [0.2, 0.25) is 0 Å². The number of amides is 1. The average Bonchev–Trinajstić information content (AvgIpc) is 3.03. The van der Waals surface area contributed by atoms with Gasteiger partial charge in [0.2, 0.25) is 5.91 Å². The lowest BCUT2D eigenvalue weighted by atomic mass is 9.96. The maximum absolute atomic E-state index is 12.1. The van der Waals surface area contributed by atoms with Crippen LogP contribution in [0.5, 0.6) is 0 Å². The van der Waals surface area contributed by atoms with Crippen molar-refractivity contribution >= 4 is 22.2 Å². The van der Waals surface area contributed by atoms with Gasteiger partial charge >= 0.3 is 0 Å². The summed E-state index contributed by atoms with van der Waals surface area (Å²) < 4.78 is 0. The van der Waals surface area contributed by atoms with Gasteiger partial charge in [-0.1, -0.05) is 13.3 Å². The molecular formula is C16H23N3OS. The fraction of sp³-hybridized carbons (Fsp3) is 0.625. The number of anilines is 1. The van der Waals surface area contributed by atoms with Crippen molar-refractivity contribution in [2.45, 2.75) is 51.9 Å². The highest BCUT2D eigenvalue weighted by Gasteiger charge is 2.23. The highest BCUT2D eigenvalue weighted by molar-refractivity contribution is 7.16. The average molecular weight is 305 g/mol. The van der Waals surface area contributed by atoms with Gasteiger partial charge in [0, 0.05) is 11.3 Å². The summed E-state index contributed by atoms with van der Waals surface area (Å²) in [6.07, 6.45) is 6.54. The predicted molar refractivity (Wildman–Crippen MR) is 86.4 cm³/mol. The summed E-state index contributed by atoms with van der Waals surface area (Å²) in [5, 5.41) is 13.0. The van der Waals surface area contributed by atoms with Gasteiger partial charge in [0.25, 0.3) is 0 Å². The number of thiophene rings is 1. The molecule has 0 aliphatic heterocycles. The summed E-state index contributed by atoms with van der Waals surface area (Å²) in [7, 11) is 0. The first-order chi connectivity index (χ1) is 10.2. The van der Waals surface area contributed by atoms with Gasteiger partial charge in [-0.15, -0.1) is 11.3 Å². The van der Waals surface area contributed by atoms with Crippen molar-refractivity contribution in [3.05, 3.63) is 16.0 Å². The van der Waals surface area contributed by atoms with E-state index in [0.29, 0.717) is 24.4 Å². The summed E-state index contributed by atoms with van der Waals surface area (Å²) in [5.41, 5.74) is 7.43. The molecule has 0 spiro atoms. The van der Waals surface area contributed by atoms with E-state index in [1.54, 1.807) is 11.3 Å². The lowest BCUT2D eigenvalue weighted by molar-refractivity contribution is -0.116. The minimum atomic E-state index is 0.0156. The maximum Gasteiger partial charge on any atom is 0.225 e. The van der Waals surface area contributed by atoms with E-state index in [1.807, 2.05) is 0 Å². The summed E-state index contributed by atoms with van der Waals surface area (Å²) >= 11 is 1.58. The minimum Gasteiger partial charge on any atom is -0.330 e. The fourth-order valence-corrected chi connectivity index (χ4v) is 4.18. The van der Waals surface area contributed by atoms with E-state index in [9.17, 15) is 10.1 Å². The standard InChI is InChI=1S/C16H23N3OS/c1-2-11(8-9-17)6-7-15(20)19-16-13(10-18)12-4-3-5-14(12)21-16/h11H,2-9,17H2,1H3,(H,19,20). The van der Waals surface area contributed by atoms with Crippen LogP contribution in [-0.4, -0.2) is 12.5 Å². The van der Waals surface area contributed by atoms with Gasteiger partial charge in [-0.2, -0.15) is 5.26 Å². The topological polar surface area (TPSA) is 78.9 Å². The molecule has 0 aromatic carbocycles. The largest absolute Gasteiger partial charge is 0.330 e. The molecule has 1 aliphatic carbocycles. The number of carbonyl (C=O) groups is 1. The molecule has 1 atom stereocenters. The molecule has 1 heterocycles. The van der Waals surface area contributed by atoms with E-state index < -0.39 is 0 Å². The molecule has 0 fully saturated rings. The first-order valence-electron chi connectivity index (χ1n) is 7.74. The Morgan fingerprint density at radius 1 is 1.48 bits per heavy atom. The third kappa shape index (κ3) is 3.84. The highest BCUT2D eigenvalue weighted by Crippen LogP contribution is 2.38. The zero-order chi connectivity index (χ0) is 15.2. The van der Waals surface area contributed by atoms with Crippen LogP contribution in [0.25, 0.3) is 0 Å². The molecule has 3 N–H and O–H groups in total. The number of nitrogens with zero attached hydrogens (tertiary/aromatic N) is 1. The smallest absolute Gasteiger partial charge is 0.225 e. The molecule has 1 amide bonds. The molecule has 0 bridgehead atoms. The van der Waals surface area contributed by atoms with E-state index in [0.717, 1.165) is 49.1 Å². The quantitative estimate of drug-likeness (QED) is 0.812. The normalized spacial score (nSPS) is 14.5. The number of carbonyl (C=O) groups excluding carboxylic acids is 1. The lowest BCUT2D eigenvalue weighted by Crippen LogP contribution is -2.15. The number of hydrogen-bond acceptors (Lipinski definition) is 4. The molecule has 0 saturated carbocycles. The molecule has 2 rings (SSSR count). The fourth-order valence-electron chi connectivity index (χ4n) is 2.92. The molecule has 0 saturated heterocycles. The van der Waals surface area contributed by atoms with E-state index in [4.69, 9.17) is 5.73 Å². The van der Waals surface area contributed by atoms with Crippen LogP contribution < -0.4 is 11.1 Å². The number of nitrogens with one attached hydrogen (secondary N) is 1. The van der Waals surface area contributed by atoms with Gasteiger partial charge in [-0.05, 0) is 50.1 Å². The summed E-state index contributed by atoms with van der Waals surface area (Å²) in [4.78, 5) is 13.4. The molecule has 0 radical (unpaired) electrons. The van der Waals surface area contributed by atoms with Gasteiger partial charge in [-0.3, -0.25) is 4.79 Å². The Labute approximate surface area is 130 Å². The first-order valence-corrected chi connectivity index (χ1v) is 8.55. The molecule has 4 nitrogen and oxygen atoms in total. The summed E-state index contributed by atoms with van der Waals surface area (Å²) in [6.45, 7) is 2.81.